The monoisotopic (exact) mass is 282 g/mol. The van der Waals surface area contributed by atoms with Gasteiger partial charge in [-0.2, -0.15) is 0 Å². The smallest absolute Gasteiger partial charge is 0.255 e. The van der Waals surface area contributed by atoms with Crippen molar-refractivity contribution in [2.45, 2.75) is 18.9 Å². The fourth-order valence-corrected chi connectivity index (χ4v) is 2.18. The van der Waals surface area contributed by atoms with Crippen molar-refractivity contribution in [1.82, 2.24) is 10.6 Å². The third-order valence-electron chi connectivity index (χ3n) is 3.00. The van der Waals surface area contributed by atoms with Crippen LogP contribution in [0.4, 0.5) is 0 Å². The van der Waals surface area contributed by atoms with Gasteiger partial charge in [0.05, 0.1) is 12.7 Å². The van der Waals surface area contributed by atoms with E-state index in [-0.39, 0.29) is 11.8 Å². The largest absolute Gasteiger partial charge is 0.496 e. The number of benzene rings is 1. The molecule has 2 amide bonds. The van der Waals surface area contributed by atoms with Gasteiger partial charge in [0, 0.05) is 11.6 Å². The lowest BCUT2D eigenvalue weighted by Gasteiger charge is -2.23. The lowest BCUT2D eigenvalue weighted by molar-refractivity contribution is -0.124. The fourth-order valence-electron chi connectivity index (χ4n) is 2.00. The first kappa shape index (κ1) is 13.7. The van der Waals surface area contributed by atoms with E-state index in [0.717, 1.165) is 6.42 Å². The van der Waals surface area contributed by atoms with Crippen molar-refractivity contribution in [3.63, 3.8) is 0 Å². The van der Waals surface area contributed by atoms with Crippen molar-refractivity contribution in [3.8, 4) is 5.75 Å². The topological polar surface area (TPSA) is 67.4 Å². The zero-order valence-electron chi connectivity index (χ0n) is 10.5. The SMILES string of the molecule is COc1ccc(Cl)cc1C(=O)NC1CCCNC1=O. The van der Waals surface area contributed by atoms with Gasteiger partial charge >= 0.3 is 0 Å². The molecule has 0 spiro atoms. The molecule has 0 radical (unpaired) electrons. The van der Waals surface area contributed by atoms with E-state index < -0.39 is 6.04 Å². The van der Waals surface area contributed by atoms with Crippen LogP contribution in [0.1, 0.15) is 23.2 Å². The first-order valence-electron chi connectivity index (χ1n) is 6.04. The molecule has 1 aliphatic rings. The molecule has 1 saturated heterocycles. The van der Waals surface area contributed by atoms with E-state index >= 15 is 0 Å². The highest BCUT2D eigenvalue weighted by molar-refractivity contribution is 6.31. The van der Waals surface area contributed by atoms with Gasteiger partial charge in [-0.1, -0.05) is 11.6 Å². The Morgan fingerprint density at radius 3 is 3.00 bits per heavy atom. The van der Waals surface area contributed by atoms with Crippen molar-refractivity contribution in [3.05, 3.63) is 28.8 Å². The van der Waals surface area contributed by atoms with Gasteiger partial charge in [0.25, 0.3) is 5.91 Å². The van der Waals surface area contributed by atoms with Gasteiger partial charge in [0.15, 0.2) is 0 Å². The van der Waals surface area contributed by atoms with E-state index in [9.17, 15) is 9.59 Å². The van der Waals surface area contributed by atoms with Crippen LogP contribution in [-0.2, 0) is 4.79 Å². The predicted octanol–water partition coefficient (Wildman–Crippen LogP) is 1.36. The molecule has 102 valence electrons. The highest BCUT2D eigenvalue weighted by atomic mass is 35.5. The van der Waals surface area contributed by atoms with E-state index in [4.69, 9.17) is 16.3 Å². The molecule has 1 aromatic rings. The van der Waals surface area contributed by atoms with E-state index in [1.54, 1.807) is 12.1 Å². The fraction of sp³-hybridized carbons (Fsp3) is 0.385. The Bertz CT molecular complexity index is 505. The van der Waals surface area contributed by atoms with E-state index in [0.29, 0.717) is 29.3 Å². The van der Waals surface area contributed by atoms with E-state index in [1.165, 1.54) is 13.2 Å². The molecule has 5 nitrogen and oxygen atoms in total. The first-order valence-corrected chi connectivity index (χ1v) is 6.41. The van der Waals surface area contributed by atoms with Crippen LogP contribution in [0.15, 0.2) is 18.2 Å². The summed E-state index contributed by atoms with van der Waals surface area (Å²) in [6.07, 6.45) is 1.49. The number of rotatable bonds is 3. The Kier molecular flexibility index (Phi) is 4.27. The molecular weight excluding hydrogens is 268 g/mol. The van der Waals surface area contributed by atoms with Crippen LogP contribution >= 0.6 is 11.6 Å². The normalized spacial score (nSPS) is 18.6. The van der Waals surface area contributed by atoms with E-state index in [1.807, 2.05) is 0 Å². The molecule has 1 aromatic carbocycles. The molecule has 0 bridgehead atoms. The maximum absolute atomic E-state index is 12.2. The molecular formula is C13H15ClN2O3. The quantitative estimate of drug-likeness (QED) is 0.879. The molecule has 0 aliphatic carbocycles. The second-order valence-electron chi connectivity index (χ2n) is 4.30. The van der Waals surface area contributed by atoms with Crippen molar-refractivity contribution >= 4 is 23.4 Å². The van der Waals surface area contributed by atoms with Crippen LogP contribution in [0.2, 0.25) is 5.02 Å². The van der Waals surface area contributed by atoms with Crippen LogP contribution in [0.3, 0.4) is 0 Å². The molecule has 2 rings (SSSR count). The molecule has 6 heteroatoms. The van der Waals surface area contributed by atoms with Crippen LogP contribution in [-0.4, -0.2) is 31.5 Å². The molecule has 1 fully saturated rings. The second kappa shape index (κ2) is 5.93. The number of hydrogen-bond donors (Lipinski definition) is 2. The number of methoxy groups -OCH3 is 1. The highest BCUT2D eigenvalue weighted by Crippen LogP contribution is 2.22. The number of carbonyl (C=O) groups is 2. The Morgan fingerprint density at radius 1 is 1.53 bits per heavy atom. The third kappa shape index (κ3) is 3.17. The van der Waals surface area contributed by atoms with Gasteiger partial charge in [-0.05, 0) is 31.0 Å². The Labute approximate surface area is 116 Å². The standard InChI is InChI=1S/C13H15ClN2O3/c1-19-11-5-4-8(14)7-9(11)12(17)16-10-3-2-6-15-13(10)18/h4-5,7,10H,2-3,6H2,1H3,(H,15,18)(H,16,17). The summed E-state index contributed by atoms with van der Waals surface area (Å²) in [5.74, 6) is -0.0832. The molecule has 1 aliphatic heterocycles. The minimum Gasteiger partial charge on any atom is -0.496 e. The summed E-state index contributed by atoms with van der Waals surface area (Å²) >= 11 is 5.87. The average Bonchev–Trinajstić information content (AvgIpc) is 2.41. The number of piperidine rings is 1. The zero-order valence-corrected chi connectivity index (χ0v) is 11.3. The minimum absolute atomic E-state index is 0.152. The third-order valence-corrected chi connectivity index (χ3v) is 3.23. The first-order chi connectivity index (χ1) is 9.11. The number of nitrogens with one attached hydrogen (secondary N) is 2. The van der Waals surface area contributed by atoms with Crippen molar-refractivity contribution in [1.29, 1.82) is 0 Å². The van der Waals surface area contributed by atoms with Crippen LogP contribution in [0.5, 0.6) is 5.75 Å². The van der Waals surface area contributed by atoms with Crippen LogP contribution < -0.4 is 15.4 Å². The number of carbonyl (C=O) groups excluding carboxylic acids is 2. The lowest BCUT2D eigenvalue weighted by atomic mass is 10.1. The molecule has 1 atom stereocenters. The van der Waals surface area contributed by atoms with Crippen molar-refractivity contribution in [2.24, 2.45) is 0 Å². The summed E-state index contributed by atoms with van der Waals surface area (Å²) in [5.41, 5.74) is 0.327. The molecule has 0 saturated carbocycles. The Morgan fingerprint density at radius 2 is 2.32 bits per heavy atom. The second-order valence-corrected chi connectivity index (χ2v) is 4.74. The van der Waals surface area contributed by atoms with Gasteiger partial charge < -0.3 is 15.4 Å². The molecule has 19 heavy (non-hydrogen) atoms. The minimum atomic E-state index is -0.495. The predicted molar refractivity (Wildman–Crippen MR) is 71.5 cm³/mol. The van der Waals surface area contributed by atoms with Gasteiger partial charge in [-0.15, -0.1) is 0 Å². The number of ether oxygens (including phenoxy) is 1. The highest BCUT2D eigenvalue weighted by Gasteiger charge is 2.25. The zero-order chi connectivity index (χ0) is 13.8. The van der Waals surface area contributed by atoms with Gasteiger partial charge in [-0.25, -0.2) is 0 Å². The maximum Gasteiger partial charge on any atom is 0.255 e. The summed E-state index contributed by atoms with van der Waals surface area (Å²) in [7, 11) is 1.48. The van der Waals surface area contributed by atoms with Gasteiger partial charge in [0.2, 0.25) is 5.91 Å². The summed E-state index contributed by atoms with van der Waals surface area (Å²) in [6, 6.07) is 4.30. The molecule has 2 N–H and O–H groups in total. The Balaban J connectivity index is 2.15. The molecule has 0 aromatic heterocycles. The Hall–Kier alpha value is -1.75. The van der Waals surface area contributed by atoms with Gasteiger partial charge in [0.1, 0.15) is 11.8 Å². The maximum atomic E-state index is 12.2. The van der Waals surface area contributed by atoms with Crippen LogP contribution in [0, 0.1) is 0 Å². The lowest BCUT2D eigenvalue weighted by Crippen LogP contribution is -2.50. The van der Waals surface area contributed by atoms with Gasteiger partial charge in [-0.3, -0.25) is 9.59 Å². The number of amides is 2. The summed E-state index contributed by atoms with van der Waals surface area (Å²) in [6.45, 7) is 0.658. The van der Waals surface area contributed by atoms with Crippen molar-refractivity contribution < 1.29 is 14.3 Å². The molecule has 1 unspecified atom stereocenters. The molecule has 1 heterocycles. The van der Waals surface area contributed by atoms with Crippen LogP contribution in [0.25, 0.3) is 0 Å². The van der Waals surface area contributed by atoms with Crippen molar-refractivity contribution in [2.75, 3.05) is 13.7 Å². The summed E-state index contributed by atoms with van der Waals surface area (Å²) < 4.78 is 5.12. The number of halogens is 1. The average molecular weight is 283 g/mol. The number of hydrogen-bond acceptors (Lipinski definition) is 3. The van der Waals surface area contributed by atoms with E-state index in [2.05, 4.69) is 10.6 Å². The summed E-state index contributed by atoms with van der Waals surface area (Å²) in [4.78, 5) is 23.8. The summed E-state index contributed by atoms with van der Waals surface area (Å²) in [5, 5.41) is 5.86.